The van der Waals surface area contributed by atoms with Crippen LogP contribution in [0.1, 0.15) is 63.5 Å². The van der Waals surface area contributed by atoms with E-state index in [4.69, 9.17) is 5.73 Å². The summed E-state index contributed by atoms with van der Waals surface area (Å²) in [6, 6.07) is 14.7. The zero-order valence-corrected chi connectivity index (χ0v) is 23.6. The molecule has 0 saturated heterocycles. The molecular formula is C30H42N4O3S. The Morgan fingerprint density at radius 2 is 1.79 bits per heavy atom. The predicted octanol–water partition coefficient (Wildman–Crippen LogP) is 4.63. The van der Waals surface area contributed by atoms with Crippen LogP contribution in [0.2, 0.25) is 0 Å². The maximum atomic E-state index is 12.0. The van der Waals surface area contributed by atoms with E-state index in [0.29, 0.717) is 24.5 Å². The molecule has 1 aliphatic rings. The number of rotatable bonds is 13. The minimum absolute atomic E-state index is 0.0576. The lowest BCUT2D eigenvalue weighted by atomic mass is 9.84. The first-order chi connectivity index (χ1) is 18.2. The van der Waals surface area contributed by atoms with Crippen LogP contribution in [0.3, 0.4) is 0 Å². The van der Waals surface area contributed by atoms with Crippen molar-refractivity contribution >= 4 is 27.5 Å². The second-order valence-electron chi connectivity index (χ2n) is 11.3. The number of benzene rings is 2. The highest BCUT2D eigenvalue weighted by molar-refractivity contribution is 7.16. The molecule has 0 bridgehead atoms. The highest BCUT2D eigenvalue weighted by atomic mass is 32.1. The normalized spacial score (nSPS) is 15.1. The summed E-state index contributed by atoms with van der Waals surface area (Å²) in [5.41, 5.74) is 8.41. The number of aromatic nitrogens is 1. The Balaban J connectivity index is 1.48. The minimum atomic E-state index is -0.265. The monoisotopic (exact) mass is 538 g/mol. The number of thiazole rings is 1. The van der Waals surface area contributed by atoms with Crippen LogP contribution in [0, 0.1) is 0 Å². The van der Waals surface area contributed by atoms with Gasteiger partial charge in [0.25, 0.3) is 0 Å². The molecule has 4 rings (SSSR count). The molecule has 1 saturated carbocycles. The van der Waals surface area contributed by atoms with Crippen LogP contribution in [0.5, 0.6) is 5.75 Å². The van der Waals surface area contributed by atoms with Crippen LogP contribution >= 0.6 is 11.3 Å². The molecule has 0 radical (unpaired) electrons. The van der Waals surface area contributed by atoms with Crippen molar-refractivity contribution in [3.63, 3.8) is 0 Å². The highest BCUT2D eigenvalue weighted by Gasteiger charge is 2.26. The molecule has 0 unspecified atom stereocenters. The number of phenolic OH excluding ortho intramolecular Hbond substituents is 1. The van der Waals surface area contributed by atoms with E-state index in [2.05, 4.69) is 52.9 Å². The molecule has 4 N–H and O–H groups in total. The Hall–Kier alpha value is -2.68. The maximum absolute atomic E-state index is 12.0. The smallest absolute Gasteiger partial charge is 0.305 e. The Morgan fingerprint density at radius 3 is 2.50 bits per heavy atom. The van der Waals surface area contributed by atoms with Crippen LogP contribution in [0.4, 0.5) is 0 Å². The molecule has 0 atom stereocenters. The number of carbonyl (C=O) groups is 1. The largest absolute Gasteiger partial charge is 0.506 e. The summed E-state index contributed by atoms with van der Waals surface area (Å²) in [5.74, 6) is -0.143. The molecule has 3 aromatic rings. The molecule has 206 valence electrons. The number of fused-ring (bicyclic) bond motifs is 1. The number of primary amides is 1. The van der Waals surface area contributed by atoms with E-state index in [-0.39, 0.29) is 21.9 Å². The molecule has 0 aliphatic heterocycles. The van der Waals surface area contributed by atoms with Gasteiger partial charge >= 0.3 is 4.87 Å². The molecule has 1 amide bonds. The van der Waals surface area contributed by atoms with Gasteiger partial charge in [-0.15, -0.1) is 0 Å². The topological polar surface area (TPSA) is 103 Å². The van der Waals surface area contributed by atoms with Crippen LogP contribution in [-0.2, 0) is 16.6 Å². The van der Waals surface area contributed by atoms with E-state index in [9.17, 15) is 14.7 Å². The summed E-state index contributed by atoms with van der Waals surface area (Å²) in [4.78, 5) is 31.3. The van der Waals surface area contributed by atoms with Crippen LogP contribution in [0.25, 0.3) is 10.2 Å². The van der Waals surface area contributed by atoms with Crippen molar-refractivity contribution in [2.75, 3.05) is 32.7 Å². The van der Waals surface area contributed by atoms with E-state index in [1.54, 1.807) is 6.07 Å². The third kappa shape index (κ3) is 7.46. The molecular weight excluding hydrogens is 496 g/mol. The number of nitrogens with one attached hydrogen (secondary N) is 1. The summed E-state index contributed by atoms with van der Waals surface area (Å²) in [7, 11) is 0. The van der Waals surface area contributed by atoms with Gasteiger partial charge in [-0.3, -0.25) is 14.5 Å². The average molecular weight is 539 g/mol. The average Bonchev–Trinajstić information content (AvgIpc) is 3.31. The van der Waals surface area contributed by atoms with Crippen LogP contribution in [0.15, 0.2) is 47.3 Å². The summed E-state index contributed by atoms with van der Waals surface area (Å²) >= 11 is 1.17. The second kappa shape index (κ2) is 12.9. The van der Waals surface area contributed by atoms with E-state index in [1.165, 1.54) is 49.0 Å². The van der Waals surface area contributed by atoms with Crippen molar-refractivity contribution in [1.82, 2.24) is 14.8 Å². The van der Waals surface area contributed by atoms with Crippen LogP contribution < -0.4 is 10.6 Å². The van der Waals surface area contributed by atoms with Gasteiger partial charge in [-0.1, -0.05) is 80.8 Å². The van der Waals surface area contributed by atoms with Crippen molar-refractivity contribution in [3.05, 3.63) is 63.3 Å². The van der Waals surface area contributed by atoms with Gasteiger partial charge in [0.2, 0.25) is 5.91 Å². The van der Waals surface area contributed by atoms with Gasteiger partial charge in [-0.2, -0.15) is 0 Å². The second-order valence-corrected chi connectivity index (χ2v) is 12.3. The lowest BCUT2D eigenvalue weighted by Gasteiger charge is -2.38. The summed E-state index contributed by atoms with van der Waals surface area (Å²) in [6.45, 7) is 8.69. The van der Waals surface area contributed by atoms with E-state index >= 15 is 0 Å². The van der Waals surface area contributed by atoms with E-state index < -0.39 is 0 Å². The number of nitrogens with zero attached hydrogens (tertiary/aromatic N) is 2. The van der Waals surface area contributed by atoms with Crippen molar-refractivity contribution < 1.29 is 9.90 Å². The highest BCUT2D eigenvalue weighted by Crippen LogP contribution is 2.29. The number of H-pyrrole nitrogens is 1. The van der Waals surface area contributed by atoms with E-state index in [0.717, 1.165) is 42.9 Å². The Morgan fingerprint density at radius 1 is 1.05 bits per heavy atom. The number of carbonyl (C=O) groups excluding carboxylic acids is 1. The zero-order chi connectivity index (χ0) is 27.1. The predicted molar refractivity (Wildman–Crippen MR) is 156 cm³/mol. The quantitative estimate of drug-likeness (QED) is 0.295. The first kappa shape index (κ1) is 28.3. The first-order valence-electron chi connectivity index (χ1n) is 13.9. The molecule has 8 heteroatoms. The van der Waals surface area contributed by atoms with Gasteiger partial charge in [0.15, 0.2) is 0 Å². The van der Waals surface area contributed by atoms with Gasteiger partial charge in [0, 0.05) is 50.6 Å². The molecule has 1 aromatic heterocycles. The number of phenols is 1. The standard InChI is InChI=1S/C30H42N4O3S/c1-30(2,23-9-5-3-6-10-23)21-33(17-16-26(31)36)19-20-34(24-11-7-4-8-12-24)18-15-22-13-14-25(35)27-28(22)38-29(37)32-27/h3,5-6,9-10,13-14,24,35H,4,7-8,11-12,15-21H2,1-2H3,(H2,31,36)(H,32,37). The van der Waals surface area contributed by atoms with Gasteiger partial charge in [0.1, 0.15) is 11.3 Å². The summed E-state index contributed by atoms with van der Waals surface area (Å²) in [5, 5.41) is 10.2. The van der Waals surface area contributed by atoms with Gasteiger partial charge in [-0.05, 0) is 36.5 Å². The van der Waals surface area contributed by atoms with Crippen molar-refractivity contribution in [3.8, 4) is 5.75 Å². The minimum Gasteiger partial charge on any atom is -0.506 e. The lowest BCUT2D eigenvalue weighted by Crippen LogP contribution is -2.46. The Labute approximate surface area is 229 Å². The maximum Gasteiger partial charge on any atom is 0.305 e. The number of hydrogen-bond acceptors (Lipinski definition) is 6. The van der Waals surface area contributed by atoms with Gasteiger partial charge in [-0.25, -0.2) is 0 Å². The third-order valence-electron chi connectivity index (χ3n) is 7.95. The molecule has 1 aliphatic carbocycles. The number of aromatic hydroxyl groups is 1. The fourth-order valence-electron chi connectivity index (χ4n) is 5.80. The lowest BCUT2D eigenvalue weighted by molar-refractivity contribution is -0.118. The van der Waals surface area contributed by atoms with Crippen molar-refractivity contribution in [2.45, 2.75) is 70.3 Å². The van der Waals surface area contributed by atoms with Gasteiger partial charge < -0.3 is 20.7 Å². The molecule has 7 nitrogen and oxygen atoms in total. The van der Waals surface area contributed by atoms with Crippen molar-refractivity contribution in [2.24, 2.45) is 5.73 Å². The van der Waals surface area contributed by atoms with Gasteiger partial charge in [0.05, 0.1) is 4.70 Å². The summed E-state index contributed by atoms with van der Waals surface area (Å²) in [6.07, 6.45) is 7.41. The molecule has 2 aromatic carbocycles. The van der Waals surface area contributed by atoms with Crippen molar-refractivity contribution in [1.29, 1.82) is 0 Å². The fourth-order valence-corrected chi connectivity index (χ4v) is 6.70. The first-order valence-corrected chi connectivity index (χ1v) is 14.7. The van der Waals surface area contributed by atoms with Crippen LogP contribution in [-0.4, -0.2) is 64.6 Å². The number of nitrogens with two attached hydrogens (primary N) is 1. The molecule has 1 heterocycles. The third-order valence-corrected chi connectivity index (χ3v) is 8.91. The Bertz CT molecular complexity index is 1250. The zero-order valence-electron chi connectivity index (χ0n) is 22.7. The number of hydrogen-bond donors (Lipinski definition) is 3. The van der Waals surface area contributed by atoms with E-state index in [1.807, 2.05) is 12.1 Å². The Kier molecular flexibility index (Phi) is 9.63. The summed E-state index contributed by atoms with van der Waals surface area (Å²) < 4.78 is 0.853. The molecule has 1 fully saturated rings. The SMILES string of the molecule is CC(C)(CN(CCC(N)=O)CCN(CCc1ccc(O)c2[nH]c(=O)sc12)C1CCCCC1)c1ccccc1. The molecule has 38 heavy (non-hydrogen) atoms. The fraction of sp³-hybridized carbons (Fsp3) is 0.533. The number of aromatic amines is 1. The number of amides is 1. The molecule has 0 spiro atoms.